The van der Waals surface area contributed by atoms with E-state index in [4.69, 9.17) is 9.47 Å². The molecule has 0 spiro atoms. The third-order valence-electron chi connectivity index (χ3n) is 6.63. The summed E-state index contributed by atoms with van der Waals surface area (Å²) >= 11 is 0. The molecule has 2 aromatic carbocycles. The Morgan fingerprint density at radius 3 is 2.51 bits per heavy atom. The Hall–Kier alpha value is -4.14. The summed E-state index contributed by atoms with van der Waals surface area (Å²) in [6, 6.07) is 16.8. The van der Waals surface area contributed by atoms with Crippen molar-refractivity contribution in [3.8, 4) is 11.5 Å². The molecule has 1 saturated heterocycles. The quantitative estimate of drug-likeness (QED) is 0.363. The van der Waals surface area contributed by atoms with Crippen LogP contribution in [0.2, 0.25) is 0 Å². The number of aliphatic carboxylic acids is 1. The number of hydrogen-bond donors (Lipinski definition) is 2. The van der Waals surface area contributed by atoms with E-state index in [-0.39, 0.29) is 18.4 Å². The van der Waals surface area contributed by atoms with Crippen LogP contribution < -0.4 is 19.7 Å². The van der Waals surface area contributed by atoms with Crippen LogP contribution in [0, 0.1) is 5.41 Å². The largest absolute Gasteiger partial charge is 0.490 e. The number of para-hydroxylation sites is 2. The predicted molar refractivity (Wildman–Crippen MR) is 149 cm³/mol. The molecule has 2 N–H and O–H groups in total. The van der Waals surface area contributed by atoms with Crippen LogP contribution in [-0.4, -0.2) is 52.8 Å². The van der Waals surface area contributed by atoms with E-state index in [9.17, 15) is 14.7 Å². The minimum Gasteiger partial charge on any atom is -0.490 e. The highest BCUT2D eigenvalue weighted by Crippen LogP contribution is 2.30. The summed E-state index contributed by atoms with van der Waals surface area (Å²) in [7, 11) is 0. The lowest BCUT2D eigenvalue weighted by Gasteiger charge is -2.33. The third kappa shape index (κ3) is 7.69. The molecule has 0 bridgehead atoms. The summed E-state index contributed by atoms with van der Waals surface area (Å²) in [4.78, 5) is 35.2. The Labute approximate surface area is 229 Å². The number of carboxylic acid groups (broad SMARTS) is 1. The average Bonchev–Trinajstić information content (AvgIpc) is 2.91. The maximum Gasteiger partial charge on any atom is 0.309 e. The van der Waals surface area contributed by atoms with Crippen LogP contribution >= 0.6 is 0 Å². The van der Waals surface area contributed by atoms with Gasteiger partial charge in [0.15, 0.2) is 11.5 Å². The van der Waals surface area contributed by atoms with Crippen molar-refractivity contribution in [2.45, 2.75) is 52.6 Å². The van der Waals surface area contributed by atoms with Gasteiger partial charge in [-0.05, 0) is 69.4 Å². The van der Waals surface area contributed by atoms with Gasteiger partial charge in [0.2, 0.25) is 11.9 Å². The van der Waals surface area contributed by atoms with Crippen LogP contribution in [0.25, 0.3) is 0 Å². The van der Waals surface area contributed by atoms with Crippen molar-refractivity contribution >= 4 is 23.6 Å². The molecule has 2 heterocycles. The zero-order chi connectivity index (χ0) is 27.8. The molecule has 1 aromatic heterocycles. The summed E-state index contributed by atoms with van der Waals surface area (Å²) in [6.07, 6.45) is 4.05. The van der Waals surface area contributed by atoms with Crippen LogP contribution in [0.5, 0.6) is 11.5 Å². The molecule has 0 saturated carbocycles. The number of amides is 1. The first-order valence-corrected chi connectivity index (χ1v) is 13.3. The van der Waals surface area contributed by atoms with Gasteiger partial charge in [0.25, 0.3) is 0 Å². The normalized spacial score (nSPS) is 15.5. The van der Waals surface area contributed by atoms with Gasteiger partial charge in [-0.2, -0.15) is 4.98 Å². The first-order valence-electron chi connectivity index (χ1n) is 13.3. The van der Waals surface area contributed by atoms with E-state index < -0.39 is 11.4 Å². The lowest BCUT2D eigenvalue weighted by atomic mass is 9.86. The minimum atomic E-state index is -0.849. The molecule has 9 heteroatoms. The summed E-state index contributed by atoms with van der Waals surface area (Å²) in [6.45, 7) is 7.35. The van der Waals surface area contributed by atoms with Gasteiger partial charge in [0, 0.05) is 12.7 Å². The minimum absolute atomic E-state index is 0.0359. The number of nitrogens with one attached hydrogen (secondary N) is 1. The van der Waals surface area contributed by atoms with Crippen molar-refractivity contribution in [1.82, 2.24) is 9.97 Å². The molecular formula is C30H36N4O5. The second kappa shape index (κ2) is 12.6. The average molecular weight is 533 g/mol. The molecule has 9 nitrogen and oxygen atoms in total. The number of rotatable bonds is 11. The molecule has 1 unspecified atom stereocenters. The SMILES string of the molecule is CCOc1ccccc1OC1CCCN(c2nccc(NC(=O)Cc3ccc(CC(C)(C)C(=O)O)cc3)n2)C1. The number of carbonyl (C=O) groups excluding carboxylic acids is 1. The molecule has 1 aliphatic rings. The molecule has 4 rings (SSSR count). The number of carboxylic acids is 1. The van der Waals surface area contributed by atoms with E-state index in [0.29, 0.717) is 31.3 Å². The van der Waals surface area contributed by atoms with Crippen LogP contribution in [0.3, 0.4) is 0 Å². The number of hydrogen-bond acceptors (Lipinski definition) is 7. The van der Waals surface area contributed by atoms with Crippen molar-refractivity contribution in [3.05, 3.63) is 71.9 Å². The standard InChI is InChI=1S/C30H36N4O5/c1-4-38-24-9-5-6-10-25(24)39-23-8-7-17-34(20-23)29-31-16-15-26(33-29)32-27(35)18-21-11-13-22(14-12-21)19-30(2,3)28(36)37/h5-6,9-16,23H,4,7-8,17-20H2,1-3H3,(H,36,37)(H,31,32,33,35). The second-order valence-electron chi connectivity index (χ2n) is 10.4. The first kappa shape index (κ1) is 27.9. The lowest BCUT2D eigenvalue weighted by molar-refractivity contribution is -0.146. The topological polar surface area (TPSA) is 114 Å². The summed E-state index contributed by atoms with van der Waals surface area (Å²) in [5.41, 5.74) is 0.900. The number of aromatic nitrogens is 2. The highest BCUT2D eigenvalue weighted by molar-refractivity contribution is 5.91. The van der Waals surface area contributed by atoms with E-state index >= 15 is 0 Å². The molecule has 0 aliphatic carbocycles. The van der Waals surface area contributed by atoms with E-state index in [0.717, 1.165) is 42.0 Å². The molecule has 3 aromatic rings. The van der Waals surface area contributed by atoms with Gasteiger partial charge >= 0.3 is 5.97 Å². The Morgan fingerprint density at radius 1 is 1.08 bits per heavy atom. The summed E-state index contributed by atoms with van der Waals surface area (Å²) in [5.74, 6) is 1.42. The fourth-order valence-corrected chi connectivity index (χ4v) is 4.52. The van der Waals surface area contributed by atoms with E-state index in [1.165, 1.54) is 0 Å². The number of anilines is 2. The molecule has 206 valence electrons. The first-order chi connectivity index (χ1) is 18.7. The zero-order valence-electron chi connectivity index (χ0n) is 22.7. The molecule has 1 fully saturated rings. The number of benzene rings is 2. The predicted octanol–water partition coefficient (Wildman–Crippen LogP) is 4.76. The van der Waals surface area contributed by atoms with E-state index in [1.807, 2.05) is 55.5 Å². The Bertz CT molecular complexity index is 1280. The van der Waals surface area contributed by atoms with Gasteiger partial charge in [0.05, 0.1) is 25.0 Å². The Morgan fingerprint density at radius 2 is 1.79 bits per heavy atom. The van der Waals surface area contributed by atoms with Crippen molar-refractivity contribution in [2.24, 2.45) is 5.41 Å². The van der Waals surface area contributed by atoms with Crippen molar-refractivity contribution in [1.29, 1.82) is 0 Å². The van der Waals surface area contributed by atoms with E-state index in [1.54, 1.807) is 26.1 Å². The molecule has 1 aliphatic heterocycles. The molecule has 1 atom stereocenters. The summed E-state index contributed by atoms with van der Waals surface area (Å²) in [5, 5.41) is 12.2. The van der Waals surface area contributed by atoms with Gasteiger partial charge in [-0.1, -0.05) is 36.4 Å². The van der Waals surface area contributed by atoms with E-state index in [2.05, 4.69) is 20.2 Å². The number of carbonyl (C=O) groups is 2. The fourth-order valence-electron chi connectivity index (χ4n) is 4.52. The Kier molecular flexibility index (Phi) is 9.01. The Balaban J connectivity index is 1.34. The summed E-state index contributed by atoms with van der Waals surface area (Å²) < 4.78 is 12.0. The van der Waals surface area contributed by atoms with Gasteiger partial charge in [0.1, 0.15) is 11.9 Å². The van der Waals surface area contributed by atoms with Crippen molar-refractivity contribution < 1.29 is 24.2 Å². The van der Waals surface area contributed by atoms with Crippen LogP contribution in [0.4, 0.5) is 11.8 Å². The number of ether oxygens (including phenoxy) is 2. The van der Waals surface area contributed by atoms with Crippen molar-refractivity contribution in [3.63, 3.8) is 0 Å². The van der Waals surface area contributed by atoms with Gasteiger partial charge in [-0.15, -0.1) is 0 Å². The third-order valence-corrected chi connectivity index (χ3v) is 6.63. The smallest absolute Gasteiger partial charge is 0.309 e. The molecule has 0 radical (unpaired) electrons. The molecule has 1 amide bonds. The number of nitrogens with zero attached hydrogens (tertiary/aromatic N) is 3. The van der Waals surface area contributed by atoms with Crippen LogP contribution in [0.15, 0.2) is 60.8 Å². The lowest BCUT2D eigenvalue weighted by Crippen LogP contribution is -2.42. The zero-order valence-corrected chi connectivity index (χ0v) is 22.7. The maximum absolute atomic E-state index is 12.7. The van der Waals surface area contributed by atoms with Gasteiger partial charge in [-0.25, -0.2) is 4.98 Å². The highest BCUT2D eigenvalue weighted by atomic mass is 16.5. The van der Waals surface area contributed by atoms with Gasteiger partial charge < -0.3 is 24.8 Å². The second-order valence-corrected chi connectivity index (χ2v) is 10.4. The molecule has 39 heavy (non-hydrogen) atoms. The van der Waals surface area contributed by atoms with Gasteiger partial charge in [-0.3, -0.25) is 9.59 Å². The van der Waals surface area contributed by atoms with Crippen LogP contribution in [-0.2, 0) is 22.4 Å². The molecular weight excluding hydrogens is 496 g/mol. The monoisotopic (exact) mass is 532 g/mol. The van der Waals surface area contributed by atoms with Crippen molar-refractivity contribution in [2.75, 3.05) is 29.9 Å². The fraction of sp³-hybridized carbons (Fsp3) is 0.400. The highest BCUT2D eigenvalue weighted by Gasteiger charge is 2.27. The van der Waals surface area contributed by atoms with Crippen LogP contribution in [0.1, 0.15) is 44.7 Å². The number of piperidine rings is 1. The maximum atomic E-state index is 12.7.